The number of carbonyl (C=O) groups is 1. The molecule has 0 aliphatic carbocycles. The molecule has 6 heteroatoms. The lowest BCUT2D eigenvalue weighted by Gasteiger charge is -2.28. The predicted molar refractivity (Wildman–Crippen MR) is 68.2 cm³/mol. The van der Waals surface area contributed by atoms with E-state index in [1.807, 2.05) is 0 Å². The van der Waals surface area contributed by atoms with Gasteiger partial charge >= 0.3 is 6.18 Å². The number of carbonyl (C=O) groups excluding carboxylic acids is 1. The number of nitrogens with one attached hydrogen (secondary N) is 1. The van der Waals surface area contributed by atoms with Gasteiger partial charge in [-0.2, -0.15) is 13.2 Å². The molecule has 0 spiro atoms. The van der Waals surface area contributed by atoms with E-state index in [-0.39, 0.29) is 5.56 Å². The molecule has 1 rings (SSSR count). The third-order valence-corrected chi connectivity index (χ3v) is 2.66. The molecule has 0 unspecified atom stereocenters. The van der Waals surface area contributed by atoms with Crippen LogP contribution in [0.3, 0.4) is 0 Å². The van der Waals surface area contributed by atoms with E-state index >= 15 is 0 Å². The number of para-hydroxylation sites is 1. The molecule has 0 fully saturated rings. The zero-order chi connectivity index (χ0) is 14.6. The van der Waals surface area contributed by atoms with E-state index in [2.05, 4.69) is 5.32 Å². The zero-order valence-electron chi connectivity index (χ0n) is 11.1. The minimum Gasteiger partial charge on any atom is -0.387 e. The molecule has 0 heterocycles. The highest BCUT2D eigenvalue weighted by Crippen LogP contribution is 2.22. The second kappa shape index (κ2) is 5.95. The van der Waals surface area contributed by atoms with Gasteiger partial charge in [0.1, 0.15) is 6.54 Å². The molecule has 1 aromatic rings. The summed E-state index contributed by atoms with van der Waals surface area (Å²) >= 11 is 0. The predicted octanol–water partition coefficient (Wildman–Crippen LogP) is 3.14. The Kier molecular flexibility index (Phi) is 4.80. The fraction of sp³-hybridized carbons (Fsp3) is 0.462. The van der Waals surface area contributed by atoms with Crippen LogP contribution in [0.25, 0.3) is 0 Å². The highest BCUT2D eigenvalue weighted by molar-refractivity contribution is 5.99. The second-order valence-corrected chi connectivity index (χ2v) is 4.44. The Hall–Kier alpha value is -1.72. The van der Waals surface area contributed by atoms with Crippen LogP contribution in [0.5, 0.6) is 0 Å². The number of amides is 1. The van der Waals surface area contributed by atoms with Crippen LogP contribution in [0.1, 0.15) is 24.2 Å². The fourth-order valence-corrected chi connectivity index (χ4v) is 1.72. The van der Waals surface area contributed by atoms with Crippen LogP contribution in [0, 0.1) is 0 Å². The van der Waals surface area contributed by atoms with Gasteiger partial charge < -0.3 is 10.2 Å². The highest BCUT2D eigenvalue weighted by atomic mass is 19.4. The molecule has 0 aliphatic rings. The Morgan fingerprint density at radius 2 is 1.89 bits per heavy atom. The monoisotopic (exact) mass is 274 g/mol. The first-order chi connectivity index (χ1) is 8.76. The van der Waals surface area contributed by atoms with Crippen LogP contribution in [0.2, 0.25) is 0 Å². The molecule has 0 radical (unpaired) electrons. The van der Waals surface area contributed by atoms with E-state index < -0.39 is 24.7 Å². The van der Waals surface area contributed by atoms with Crippen molar-refractivity contribution in [3.63, 3.8) is 0 Å². The van der Waals surface area contributed by atoms with Crippen molar-refractivity contribution in [2.24, 2.45) is 0 Å². The summed E-state index contributed by atoms with van der Waals surface area (Å²) in [6, 6.07) is 5.98. The maximum atomic E-state index is 12.5. The minimum atomic E-state index is -4.41. The molecule has 19 heavy (non-hydrogen) atoms. The summed E-state index contributed by atoms with van der Waals surface area (Å²) < 4.78 is 37.5. The third-order valence-electron chi connectivity index (χ3n) is 2.66. The van der Waals surface area contributed by atoms with E-state index in [9.17, 15) is 18.0 Å². The van der Waals surface area contributed by atoms with Crippen molar-refractivity contribution < 1.29 is 18.0 Å². The van der Waals surface area contributed by atoms with Crippen molar-refractivity contribution in [3.05, 3.63) is 29.8 Å². The first kappa shape index (κ1) is 15.3. The summed E-state index contributed by atoms with van der Waals surface area (Å²) in [5, 5.41) is 2.80. The van der Waals surface area contributed by atoms with Gasteiger partial charge in [0.2, 0.25) is 0 Å². The van der Waals surface area contributed by atoms with Crippen molar-refractivity contribution in [3.8, 4) is 0 Å². The van der Waals surface area contributed by atoms with Gasteiger partial charge in [0.25, 0.3) is 5.91 Å². The molecule has 1 amide bonds. The van der Waals surface area contributed by atoms with E-state index in [0.29, 0.717) is 5.69 Å². The Bertz CT molecular complexity index is 444. The van der Waals surface area contributed by atoms with Gasteiger partial charge in [-0.1, -0.05) is 12.1 Å². The maximum Gasteiger partial charge on any atom is 0.406 e. The number of alkyl halides is 3. The Morgan fingerprint density at radius 1 is 1.32 bits per heavy atom. The average Bonchev–Trinajstić information content (AvgIpc) is 2.33. The molecule has 0 saturated heterocycles. The summed E-state index contributed by atoms with van der Waals surface area (Å²) in [6.07, 6.45) is -4.41. The molecular weight excluding hydrogens is 257 g/mol. The molecule has 1 aromatic carbocycles. The summed E-state index contributed by atoms with van der Waals surface area (Å²) in [4.78, 5) is 13.0. The van der Waals surface area contributed by atoms with Crippen molar-refractivity contribution in [1.82, 2.24) is 4.90 Å². The second-order valence-electron chi connectivity index (χ2n) is 4.44. The van der Waals surface area contributed by atoms with E-state index in [1.54, 1.807) is 39.1 Å². The molecule has 0 aliphatic heterocycles. The molecule has 106 valence electrons. The van der Waals surface area contributed by atoms with E-state index in [1.165, 1.54) is 6.07 Å². The van der Waals surface area contributed by atoms with Crippen LogP contribution in [-0.2, 0) is 0 Å². The van der Waals surface area contributed by atoms with Crippen molar-refractivity contribution >= 4 is 11.6 Å². The van der Waals surface area contributed by atoms with Gasteiger partial charge in [-0.15, -0.1) is 0 Å². The molecular formula is C13H17F3N2O. The quantitative estimate of drug-likeness (QED) is 0.914. The number of hydrogen-bond donors (Lipinski definition) is 1. The summed E-state index contributed by atoms with van der Waals surface area (Å²) in [5.41, 5.74) is 0.753. The summed E-state index contributed by atoms with van der Waals surface area (Å²) in [5.74, 6) is -0.628. The van der Waals surface area contributed by atoms with Gasteiger partial charge in [-0.05, 0) is 26.0 Å². The van der Waals surface area contributed by atoms with Crippen LogP contribution in [-0.4, -0.2) is 36.6 Å². The number of anilines is 1. The number of benzene rings is 1. The molecule has 0 aromatic heterocycles. The van der Waals surface area contributed by atoms with Crippen molar-refractivity contribution in [2.45, 2.75) is 26.1 Å². The topological polar surface area (TPSA) is 32.3 Å². The largest absolute Gasteiger partial charge is 0.406 e. The average molecular weight is 274 g/mol. The van der Waals surface area contributed by atoms with Gasteiger partial charge in [0.15, 0.2) is 0 Å². The SMILES string of the molecule is CNc1ccccc1C(=O)N(CC(F)(F)F)C(C)C. The van der Waals surface area contributed by atoms with Crippen LogP contribution < -0.4 is 5.32 Å². The van der Waals surface area contributed by atoms with Crippen LogP contribution in [0.15, 0.2) is 24.3 Å². The number of halogens is 3. The smallest absolute Gasteiger partial charge is 0.387 e. The Morgan fingerprint density at radius 3 is 2.37 bits per heavy atom. The molecule has 0 bridgehead atoms. The van der Waals surface area contributed by atoms with Crippen LogP contribution in [0.4, 0.5) is 18.9 Å². The lowest BCUT2D eigenvalue weighted by atomic mass is 10.1. The standard InChI is InChI=1S/C13H17F3N2O/c1-9(2)18(8-13(14,15)16)12(19)10-6-4-5-7-11(10)17-3/h4-7,9,17H,8H2,1-3H3. The summed E-state index contributed by atoms with van der Waals surface area (Å²) in [7, 11) is 1.62. The summed E-state index contributed by atoms with van der Waals surface area (Å²) in [6.45, 7) is 1.87. The Balaban J connectivity index is 3.06. The first-order valence-corrected chi connectivity index (χ1v) is 5.90. The molecule has 3 nitrogen and oxygen atoms in total. The van der Waals surface area contributed by atoms with Gasteiger partial charge in [0, 0.05) is 18.8 Å². The van der Waals surface area contributed by atoms with Crippen LogP contribution >= 0.6 is 0 Å². The third kappa shape index (κ3) is 4.15. The molecule has 0 atom stereocenters. The van der Waals surface area contributed by atoms with E-state index in [0.717, 1.165) is 4.90 Å². The lowest BCUT2D eigenvalue weighted by Crippen LogP contribution is -2.43. The van der Waals surface area contributed by atoms with Crippen molar-refractivity contribution in [1.29, 1.82) is 0 Å². The number of hydrogen-bond acceptors (Lipinski definition) is 2. The fourth-order valence-electron chi connectivity index (χ4n) is 1.72. The first-order valence-electron chi connectivity index (χ1n) is 5.90. The maximum absolute atomic E-state index is 12.5. The number of rotatable bonds is 4. The normalized spacial score (nSPS) is 11.5. The Labute approximate surface area is 110 Å². The molecule has 1 N–H and O–H groups in total. The molecule has 0 saturated carbocycles. The van der Waals surface area contributed by atoms with Gasteiger partial charge in [0.05, 0.1) is 5.56 Å². The minimum absolute atomic E-state index is 0.239. The number of nitrogens with zero attached hydrogens (tertiary/aromatic N) is 1. The van der Waals surface area contributed by atoms with E-state index in [4.69, 9.17) is 0 Å². The van der Waals surface area contributed by atoms with Crippen molar-refractivity contribution in [2.75, 3.05) is 18.9 Å². The highest BCUT2D eigenvalue weighted by Gasteiger charge is 2.35. The van der Waals surface area contributed by atoms with Gasteiger partial charge in [-0.3, -0.25) is 4.79 Å². The zero-order valence-corrected chi connectivity index (χ0v) is 11.1. The van der Waals surface area contributed by atoms with Gasteiger partial charge in [-0.25, -0.2) is 0 Å². The lowest BCUT2D eigenvalue weighted by molar-refractivity contribution is -0.143.